The third kappa shape index (κ3) is 2.39. The second-order valence-corrected chi connectivity index (χ2v) is 6.96. The standard InChI is InChI=1S/C17H29N/c1-3-14-6-4-5-7-17(14)18-12(2)16-11-13-8-9-15(16)10-13/h8-9,12-18H,3-7,10-11H2,1-2H3. The Labute approximate surface area is 112 Å². The first kappa shape index (κ1) is 12.7. The van der Waals surface area contributed by atoms with Crippen molar-refractivity contribution >= 4 is 0 Å². The monoisotopic (exact) mass is 247 g/mol. The van der Waals surface area contributed by atoms with Gasteiger partial charge in [-0.2, -0.15) is 0 Å². The molecule has 2 fully saturated rings. The minimum absolute atomic E-state index is 0.724. The molecule has 3 rings (SSSR count). The van der Waals surface area contributed by atoms with Crippen LogP contribution in [0.4, 0.5) is 0 Å². The largest absolute Gasteiger partial charge is 0.311 e. The van der Waals surface area contributed by atoms with E-state index in [0.29, 0.717) is 0 Å². The van der Waals surface area contributed by atoms with Gasteiger partial charge in [0.1, 0.15) is 0 Å². The van der Waals surface area contributed by atoms with Crippen LogP contribution in [0.2, 0.25) is 0 Å². The van der Waals surface area contributed by atoms with E-state index >= 15 is 0 Å². The van der Waals surface area contributed by atoms with Gasteiger partial charge in [-0.1, -0.05) is 38.3 Å². The molecule has 1 N–H and O–H groups in total. The van der Waals surface area contributed by atoms with E-state index in [4.69, 9.17) is 0 Å². The lowest BCUT2D eigenvalue weighted by molar-refractivity contribution is 0.207. The maximum absolute atomic E-state index is 4.01. The van der Waals surface area contributed by atoms with Crippen molar-refractivity contribution in [2.45, 2.75) is 70.9 Å². The summed E-state index contributed by atoms with van der Waals surface area (Å²) in [5.41, 5.74) is 0. The van der Waals surface area contributed by atoms with E-state index < -0.39 is 0 Å². The van der Waals surface area contributed by atoms with E-state index in [1.165, 1.54) is 44.9 Å². The Bertz CT molecular complexity index is 309. The summed E-state index contributed by atoms with van der Waals surface area (Å²) >= 11 is 0. The predicted octanol–water partition coefficient (Wildman–Crippen LogP) is 4.15. The minimum Gasteiger partial charge on any atom is -0.311 e. The number of rotatable bonds is 4. The molecule has 0 aromatic carbocycles. The molecular weight excluding hydrogens is 218 g/mol. The molecule has 1 nitrogen and oxygen atoms in total. The minimum atomic E-state index is 0.724. The van der Waals surface area contributed by atoms with Crippen LogP contribution in [0.15, 0.2) is 12.2 Å². The first-order valence-corrected chi connectivity index (χ1v) is 8.22. The lowest BCUT2D eigenvalue weighted by Crippen LogP contribution is -2.46. The van der Waals surface area contributed by atoms with Gasteiger partial charge in [-0.25, -0.2) is 0 Å². The molecule has 18 heavy (non-hydrogen) atoms. The van der Waals surface area contributed by atoms with Crippen molar-refractivity contribution in [3.63, 3.8) is 0 Å². The number of hydrogen-bond donors (Lipinski definition) is 1. The van der Waals surface area contributed by atoms with Crippen molar-refractivity contribution in [2.75, 3.05) is 0 Å². The molecule has 3 aliphatic rings. The highest BCUT2D eigenvalue weighted by Crippen LogP contribution is 2.45. The first-order chi connectivity index (χ1) is 8.78. The Morgan fingerprint density at radius 2 is 2.00 bits per heavy atom. The molecule has 6 atom stereocenters. The Hall–Kier alpha value is -0.300. The van der Waals surface area contributed by atoms with Crippen LogP contribution >= 0.6 is 0 Å². The zero-order valence-corrected chi connectivity index (χ0v) is 12.1. The fourth-order valence-corrected chi connectivity index (χ4v) is 4.78. The maximum Gasteiger partial charge on any atom is 0.00978 e. The predicted molar refractivity (Wildman–Crippen MR) is 77.5 cm³/mol. The lowest BCUT2D eigenvalue weighted by Gasteiger charge is -2.37. The smallest absolute Gasteiger partial charge is 0.00978 e. The molecule has 3 aliphatic carbocycles. The average Bonchev–Trinajstić information content (AvgIpc) is 3.01. The van der Waals surface area contributed by atoms with Crippen LogP contribution in [0, 0.1) is 23.7 Å². The highest BCUT2D eigenvalue weighted by molar-refractivity contribution is 5.11. The van der Waals surface area contributed by atoms with Gasteiger partial charge in [-0.15, -0.1) is 0 Å². The second kappa shape index (κ2) is 5.36. The number of allylic oxidation sites excluding steroid dienone is 2. The van der Waals surface area contributed by atoms with E-state index in [2.05, 4.69) is 31.3 Å². The summed E-state index contributed by atoms with van der Waals surface area (Å²) in [4.78, 5) is 0. The lowest BCUT2D eigenvalue weighted by atomic mass is 9.81. The van der Waals surface area contributed by atoms with Crippen LogP contribution in [-0.2, 0) is 0 Å². The normalized spacial score (nSPS) is 44.4. The fraction of sp³-hybridized carbons (Fsp3) is 0.882. The van der Waals surface area contributed by atoms with Gasteiger partial charge in [0.25, 0.3) is 0 Å². The molecule has 1 heteroatoms. The van der Waals surface area contributed by atoms with Gasteiger partial charge in [0, 0.05) is 12.1 Å². The second-order valence-electron chi connectivity index (χ2n) is 6.96. The van der Waals surface area contributed by atoms with Crippen LogP contribution in [0.1, 0.15) is 58.8 Å². The number of hydrogen-bond acceptors (Lipinski definition) is 1. The van der Waals surface area contributed by atoms with Gasteiger partial charge in [0.2, 0.25) is 0 Å². The molecule has 102 valence electrons. The van der Waals surface area contributed by atoms with Crippen LogP contribution in [-0.4, -0.2) is 12.1 Å². The maximum atomic E-state index is 4.01. The van der Waals surface area contributed by atoms with Crippen molar-refractivity contribution < 1.29 is 0 Å². The summed E-state index contributed by atoms with van der Waals surface area (Å²) in [7, 11) is 0. The van der Waals surface area contributed by atoms with Crippen molar-refractivity contribution in [2.24, 2.45) is 23.7 Å². The van der Waals surface area contributed by atoms with Crippen LogP contribution < -0.4 is 5.32 Å². The van der Waals surface area contributed by atoms with Gasteiger partial charge in [-0.05, 0) is 56.3 Å². The molecule has 0 aromatic rings. The Morgan fingerprint density at radius 1 is 1.17 bits per heavy atom. The highest BCUT2D eigenvalue weighted by Gasteiger charge is 2.39. The number of fused-ring (bicyclic) bond motifs is 2. The number of nitrogens with one attached hydrogen (secondary N) is 1. The van der Waals surface area contributed by atoms with Gasteiger partial charge >= 0.3 is 0 Å². The molecule has 0 heterocycles. The van der Waals surface area contributed by atoms with Gasteiger partial charge in [0.15, 0.2) is 0 Å². The average molecular weight is 247 g/mol. The first-order valence-electron chi connectivity index (χ1n) is 8.22. The molecular formula is C17H29N. The van der Waals surface area contributed by atoms with Crippen molar-refractivity contribution in [1.82, 2.24) is 5.32 Å². The molecule has 2 saturated carbocycles. The van der Waals surface area contributed by atoms with Gasteiger partial charge < -0.3 is 5.32 Å². The van der Waals surface area contributed by atoms with Gasteiger partial charge in [0.05, 0.1) is 0 Å². The van der Waals surface area contributed by atoms with Gasteiger partial charge in [-0.3, -0.25) is 0 Å². The Morgan fingerprint density at radius 3 is 2.67 bits per heavy atom. The third-order valence-corrected chi connectivity index (χ3v) is 5.88. The molecule has 0 radical (unpaired) electrons. The highest BCUT2D eigenvalue weighted by atomic mass is 15.0. The third-order valence-electron chi connectivity index (χ3n) is 5.88. The van der Waals surface area contributed by atoms with E-state index in [9.17, 15) is 0 Å². The molecule has 6 unspecified atom stereocenters. The molecule has 0 amide bonds. The van der Waals surface area contributed by atoms with Crippen LogP contribution in [0.25, 0.3) is 0 Å². The van der Waals surface area contributed by atoms with E-state index in [-0.39, 0.29) is 0 Å². The quantitative estimate of drug-likeness (QED) is 0.736. The molecule has 2 bridgehead atoms. The molecule has 0 aromatic heterocycles. The molecule has 0 saturated heterocycles. The van der Waals surface area contributed by atoms with Crippen molar-refractivity contribution in [3.05, 3.63) is 12.2 Å². The van der Waals surface area contributed by atoms with E-state index in [0.717, 1.165) is 35.8 Å². The summed E-state index contributed by atoms with van der Waals surface area (Å²) < 4.78 is 0. The summed E-state index contributed by atoms with van der Waals surface area (Å²) in [6, 6.07) is 1.53. The zero-order chi connectivity index (χ0) is 12.5. The Balaban J connectivity index is 1.56. The molecule has 0 aliphatic heterocycles. The summed E-state index contributed by atoms with van der Waals surface area (Å²) in [5, 5.41) is 4.01. The topological polar surface area (TPSA) is 12.0 Å². The van der Waals surface area contributed by atoms with E-state index in [1.54, 1.807) is 0 Å². The molecule has 0 spiro atoms. The van der Waals surface area contributed by atoms with E-state index in [1.807, 2.05) is 0 Å². The summed E-state index contributed by atoms with van der Waals surface area (Å²) in [6.07, 6.45) is 15.0. The SMILES string of the molecule is CCC1CCCCC1NC(C)C1CC2C=CC1C2. The van der Waals surface area contributed by atoms with Crippen molar-refractivity contribution in [3.8, 4) is 0 Å². The Kier molecular flexibility index (Phi) is 3.79. The fourth-order valence-electron chi connectivity index (χ4n) is 4.78. The van der Waals surface area contributed by atoms with Crippen LogP contribution in [0.5, 0.6) is 0 Å². The zero-order valence-electron chi connectivity index (χ0n) is 12.1. The summed E-state index contributed by atoms with van der Waals surface area (Å²) in [5.74, 6) is 3.66. The summed E-state index contributed by atoms with van der Waals surface area (Å²) in [6.45, 7) is 4.82. The van der Waals surface area contributed by atoms with Crippen LogP contribution in [0.3, 0.4) is 0 Å². The van der Waals surface area contributed by atoms with Crippen molar-refractivity contribution in [1.29, 1.82) is 0 Å².